The van der Waals surface area contributed by atoms with Gasteiger partial charge in [0, 0.05) is 30.6 Å². The number of nitrogens with zero attached hydrogens (tertiary/aromatic N) is 3. The van der Waals surface area contributed by atoms with Crippen molar-refractivity contribution < 1.29 is 12.8 Å². The fourth-order valence-electron chi connectivity index (χ4n) is 3.92. The molecule has 1 aliphatic heterocycles. The molecule has 0 amide bonds. The first-order valence-electron chi connectivity index (χ1n) is 9.64. The smallest absolute Gasteiger partial charge is 0.408 e. The summed E-state index contributed by atoms with van der Waals surface area (Å²) in [6.45, 7) is 0.597. The van der Waals surface area contributed by atoms with E-state index in [1.165, 1.54) is 33.3 Å². The molecule has 9 nitrogen and oxygen atoms in total. The van der Waals surface area contributed by atoms with Crippen LogP contribution >= 0.6 is 0 Å². The van der Waals surface area contributed by atoms with Crippen LogP contribution < -0.4 is 11.3 Å². The molecule has 0 radical (unpaired) electrons. The number of oxazole rings is 1. The number of aromatic nitrogens is 3. The second kappa shape index (κ2) is 6.67. The Kier molecular flexibility index (Phi) is 4.21. The lowest BCUT2D eigenvalue weighted by Gasteiger charge is -2.24. The van der Waals surface area contributed by atoms with Gasteiger partial charge in [-0.3, -0.25) is 9.78 Å². The van der Waals surface area contributed by atoms with Crippen LogP contribution in [-0.4, -0.2) is 40.1 Å². The Hall–Kier alpha value is -2.72. The average Bonchev–Trinajstić information content (AvgIpc) is 3.30. The second-order valence-corrected chi connectivity index (χ2v) is 9.53. The number of nitrogens with one attached hydrogen (secondary N) is 1. The molecule has 3 aromatic rings. The van der Waals surface area contributed by atoms with Crippen molar-refractivity contribution in [3.05, 3.63) is 56.9 Å². The number of H-pyrrole nitrogens is 1. The summed E-state index contributed by atoms with van der Waals surface area (Å²) in [6.07, 6.45) is 3.52. The molecule has 3 heterocycles. The molecular formula is C19H20N4O5S. The van der Waals surface area contributed by atoms with Crippen LogP contribution in [0.25, 0.3) is 11.1 Å². The number of aromatic amines is 1. The predicted molar refractivity (Wildman–Crippen MR) is 104 cm³/mol. The average molecular weight is 416 g/mol. The molecule has 29 heavy (non-hydrogen) atoms. The second-order valence-electron chi connectivity index (χ2n) is 7.64. The Morgan fingerprint density at radius 1 is 1.14 bits per heavy atom. The highest BCUT2D eigenvalue weighted by Gasteiger charge is 2.36. The summed E-state index contributed by atoms with van der Waals surface area (Å²) in [5.41, 5.74) is 1.31. The molecule has 1 saturated heterocycles. The Balaban J connectivity index is 1.45. The van der Waals surface area contributed by atoms with Crippen LogP contribution in [0.4, 0.5) is 0 Å². The van der Waals surface area contributed by atoms with Crippen molar-refractivity contribution >= 4 is 21.1 Å². The molecule has 5 rings (SSSR count). The number of fused-ring (bicyclic) bond motifs is 1. The molecular weight excluding hydrogens is 396 g/mol. The summed E-state index contributed by atoms with van der Waals surface area (Å²) in [5.74, 6) is -0.220. The van der Waals surface area contributed by atoms with Crippen molar-refractivity contribution in [3.63, 3.8) is 0 Å². The van der Waals surface area contributed by atoms with Gasteiger partial charge in [-0.05, 0) is 43.9 Å². The van der Waals surface area contributed by atoms with Crippen LogP contribution in [0.15, 0.2) is 49.2 Å². The van der Waals surface area contributed by atoms with Crippen molar-refractivity contribution in [2.75, 3.05) is 6.54 Å². The highest BCUT2D eigenvalue weighted by molar-refractivity contribution is 7.89. The summed E-state index contributed by atoms with van der Waals surface area (Å²) < 4.78 is 34.3. The molecule has 1 saturated carbocycles. The molecule has 2 fully saturated rings. The third-order valence-electron chi connectivity index (χ3n) is 5.59. The standard InChI is InChI=1S/C19H20N4O5S/c24-18-8-7-15(12-3-4-12)21-22(18)11-13-2-1-9-23(13)29(26,27)14-5-6-16-17(10-14)28-19(25)20-16/h5-8,10,12-13H,1-4,9,11H2,(H,20,25). The Bertz CT molecular complexity index is 1300. The van der Waals surface area contributed by atoms with E-state index in [4.69, 9.17) is 4.42 Å². The van der Waals surface area contributed by atoms with Crippen LogP contribution in [0.3, 0.4) is 0 Å². The van der Waals surface area contributed by atoms with Gasteiger partial charge in [-0.1, -0.05) is 0 Å². The largest absolute Gasteiger partial charge is 0.417 e. The number of sulfonamides is 1. The van der Waals surface area contributed by atoms with E-state index in [1.807, 2.05) is 0 Å². The summed E-state index contributed by atoms with van der Waals surface area (Å²) in [7, 11) is -3.80. The van der Waals surface area contributed by atoms with Gasteiger partial charge in [0.2, 0.25) is 10.0 Å². The molecule has 0 spiro atoms. The van der Waals surface area contributed by atoms with Crippen LogP contribution in [-0.2, 0) is 16.6 Å². The zero-order valence-electron chi connectivity index (χ0n) is 15.6. The molecule has 1 atom stereocenters. The van der Waals surface area contributed by atoms with E-state index in [0.717, 1.165) is 18.5 Å². The van der Waals surface area contributed by atoms with E-state index < -0.39 is 15.8 Å². The molecule has 2 aliphatic rings. The normalized spacial score (nSPS) is 20.5. The van der Waals surface area contributed by atoms with Crippen LogP contribution in [0.1, 0.15) is 37.3 Å². The Labute approximate surface area is 166 Å². The minimum atomic E-state index is -3.80. The molecule has 1 N–H and O–H groups in total. The van der Waals surface area contributed by atoms with E-state index >= 15 is 0 Å². The first-order valence-corrected chi connectivity index (χ1v) is 11.1. The third kappa shape index (κ3) is 3.32. The van der Waals surface area contributed by atoms with E-state index in [0.29, 0.717) is 30.8 Å². The third-order valence-corrected chi connectivity index (χ3v) is 7.54. The van der Waals surface area contributed by atoms with E-state index in [2.05, 4.69) is 10.1 Å². The van der Waals surface area contributed by atoms with Crippen molar-refractivity contribution in [2.45, 2.75) is 49.1 Å². The van der Waals surface area contributed by atoms with Crippen molar-refractivity contribution in [1.29, 1.82) is 0 Å². The van der Waals surface area contributed by atoms with Crippen molar-refractivity contribution in [2.24, 2.45) is 0 Å². The molecule has 1 aromatic carbocycles. The van der Waals surface area contributed by atoms with Gasteiger partial charge in [-0.2, -0.15) is 9.40 Å². The van der Waals surface area contributed by atoms with Gasteiger partial charge in [-0.25, -0.2) is 17.9 Å². The fraction of sp³-hybridized carbons (Fsp3) is 0.421. The monoisotopic (exact) mass is 416 g/mol. The fourth-order valence-corrected chi connectivity index (χ4v) is 5.62. The van der Waals surface area contributed by atoms with Crippen LogP contribution in [0.5, 0.6) is 0 Å². The maximum absolute atomic E-state index is 13.2. The van der Waals surface area contributed by atoms with Gasteiger partial charge in [-0.15, -0.1) is 0 Å². The molecule has 0 bridgehead atoms. The highest BCUT2D eigenvalue weighted by Crippen LogP contribution is 2.38. The molecule has 152 valence electrons. The van der Waals surface area contributed by atoms with Gasteiger partial charge in [0.25, 0.3) is 5.56 Å². The van der Waals surface area contributed by atoms with Gasteiger partial charge >= 0.3 is 5.76 Å². The number of hydrogen-bond acceptors (Lipinski definition) is 6. The van der Waals surface area contributed by atoms with Gasteiger partial charge < -0.3 is 4.42 Å². The number of benzene rings is 1. The van der Waals surface area contributed by atoms with E-state index in [9.17, 15) is 18.0 Å². The number of rotatable bonds is 5. The minimum Gasteiger partial charge on any atom is -0.408 e. The maximum atomic E-state index is 13.2. The van der Waals surface area contributed by atoms with Crippen molar-refractivity contribution in [1.82, 2.24) is 19.1 Å². The molecule has 1 aliphatic carbocycles. The van der Waals surface area contributed by atoms with Crippen LogP contribution in [0, 0.1) is 0 Å². The lowest BCUT2D eigenvalue weighted by Crippen LogP contribution is -2.40. The molecule has 2 aromatic heterocycles. The first kappa shape index (κ1) is 18.3. The zero-order valence-corrected chi connectivity index (χ0v) is 16.4. The maximum Gasteiger partial charge on any atom is 0.417 e. The predicted octanol–water partition coefficient (Wildman–Crippen LogP) is 1.41. The zero-order chi connectivity index (χ0) is 20.2. The minimum absolute atomic E-state index is 0.0617. The first-order chi connectivity index (χ1) is 13.9. The van der Waals surface area contributed by atoms with E-state index in [-0.39, 0.29) is 28.6 Å². The van der Waals surface area contributed by atoms with Gasteiger partial charge in [0.15, 0.2) is 5.58 Å². The lowest BCUT2D eigenvalue weighted by atomic mass is 10.2. The topological polar surface area (TPSA) is 118 Å². The Morgan fingerprint density at radius 2 is 1.97 bits per heavy atom. The summed E-state index contributed by atoms with van der Waals surface area (Å²) in [5, 5.41) is 4.46. The van der Waals surface area contributed by atoms with Gasteiger partial charge in [0.05, 0.1) is 22.7 Å². The molecule has 10 heteroatoms. The SMILES string of the molecule is O=c1[nH]c2ccc(S(=O)(=O)N3CCCC3Cn3nc(C4CC4)ccc3=O)cc2o1. The van der Waals surface area contributed by atoms with Gasteiger partial charge in [0.1, 0.15) is 0 Å². The van der Waals surface area contributed by atoms with E-state index in [1.54, 1.807) is 6.07 Å². The summed E-state index contributed by atoms with van der Waals surface area (Å²) >= 11 is 0. The Morgan fingerprint density at radius 3 is 2.76 bits per heavy atom. The number of hydrogen-bond donors (Lipinski definition) is 1. The lowest BCUT2D eigenvalue weighted by molar-refractivity contribution is 0.334. The van der Waals surface area contributed by atoms with Crippen LogP contribution in [0.2, 0.25) is 0 Å². The van der Waals surface area contributed by atoms with Crippen molar-refractivity contribution in [3.8, 4) is 0 Å². The quantitative estimate of drug-likeness (QED) is 0.672. The molecule has 1 unspecified atom stereocenters. The summed E-state index contributed by atoms with van der Waals surface area (Å²) in [6, 6.07) is 7.25. The summed E-state index contributed by atoms with van der Waals surface area (Å²) in [4.78, 5) is 26.2. The highest BCUT2D eigenvalue weighted by atomic mass is 32.2.